The number of nitrogen functional groups attached to an aromatic ring is 1. The Hall–Kier alpha value is -2.29. The molecule has 0 aliphatic rings. The van der Waals surface area contributed by atoms with E-state index in [9.17, 15) is 14.9 Å². The molecule has 0 atom stereocenters. The van der Waals surface area contributed by atoms with Gasteiger partial charge in [-0.2, -0.15) is 0 Å². The molecule has 0 unspecified atom stereocenters. The van der Waals surface area contributed by atoms with E-state index in [2.05, 4.69) is 10.2 Å². The molecule has 0 radical (unpaired) electrons. The maximum atomic E-state index is 11.6. The Kier molecular flexibility index (Phi) is 3.79. The van der Waals surface area contributed by atoms with E-state index in [4.69, 9.17) is 5.73 Å². The average molecular weight is 295 g/mol. The molecule has 3 N–H and O–H groups in total. The summed E-state index contributed by atoms with van der Waals surface area (Å²) in [7, 11) is 0. The molecule has 8 nitrogen and oxygen atoms in total. The van der Waals surface area contributed by atoms with Gasteiger partial charge in [0.15, 0.2) is 5.16 Å². The van der Waals surface area contributed by atoms with E-state index in [1.807, 2.05) is 13.8 Å². The largest absolute Gasteiger partial charge is 0.398 e. The second-order valence-corrected chi connectivity index (χ2v) is 5.37. The third kappa shape index (κ3) is 2.67. The summed E-state index contributed by atoms with van der Waals surface area (Å²) in [5, 5.41) is 17.4. The number of nitro benzene ring substituents is 1. The molecular weight excluding hydrogens is 282 g/mol. The molecule has 0 spiro atoms. The van der Waals surface area contributed by atoms with Gasteiger partial charge in [0.2, 0.25) is 0 Å². The van der Waals surface area contributed by atoms with E-state index in [1.54, 1.807) is 6.07 Å². The molecule has 106 valence electrons. The van der Waals surface area contributed by atoms with Crippen molar-refractivity contribution < 1.29 is 4.92 Å². The summed E-state index contributed by atoms with van der Waals surface area (Å²) >= 11 is 1.18. The third-order valence-corrected chi connectivity index (χ3v) is 3.66. The van der Waals surface area contributed by atoms with E-state index in [-0.39, 0.29) is 23.1 Å². The van der Waals surface area contributed by atoms with Gasteiger partial charge in [0, 0.05) is 23.1 Å². The van der Waals surface area contributed by atoms with Crippen molar-refractivity contribution in [1.29, 1.82) is 0 Å². The number of benzene rings is 1. The minimum Gasteiger partial charge on any atom is -0.398 e. The number of nitrogens with two attached hydrogens (primary N) is 1. The number of aromatic amines is 1. The molecule has 1 aromatic carbocycles. The Morgan fingerprint density at radius 2 is 2.20 bits per heavy atom. The van der Waals surface area contributed by atoms with Crippen LogP contribution in [-0.2, 0) is 0 Å². The van der Waals surface area contributed by atoms with Crippen LogP contribution in [0, 0.1) is 10.1 Å². The Labute approximate surface area is 118 Å². The lowest BCUT2D eigenvalue weighted by atomic mass is 10.3. The molecule has 0 aliphatic carbocycles. The Balaban J connectivity index is 2.36. The zero-order chi connectivity index (χ0) is 14.9. The fourth-order valence-corrected chi connectivity index (χ4v) is 2.65. The van der Waals surface area contributed by atoms with Crippen LogP contribution in [0.25, 0.3) is 0 Å². The first-order valence-electron chi connectivity index (χ1n) is 5.79. The monoisotopic (exact) mass is 295 g/mol. The Morgan fingerprint density at radius 1 is 1.50 bits per heavy atom. The number of anilines is 1. The first kappa shape index (κ1) is 14.1. The SMILES string of the molecule is CC(C)n1c(Sc2ccc([N+](=O)[O-])cc2N)n[nH]c1=O. The van der Waals surface area contributed by atoms with E-state index in [1.165, 1.54) is 28.5 Å². The van der Waals surface area contributed by atoms with Gasteiger partial charge in [0.1, 0.15) is 0 Å². The summed E-state index contributed by atoms with van der Waals surface area (Å²) in [6, 6.07) is 4.14. The van der Waals surface area contributed by atoms with Crippen LogP contribution in [0.1, 0.15) is 19.9 Å². The lowest BCUT2D eigenvalue weighted by molar-refractivity contribution is -0.384. The van der Waals surface area contributed by atoms with Gasteiger partial charge < -0.3 is 5.73 Å². The molecule has 20 heavy (non-hydrogen) atoms. The van der Waals surface area contributed by atoms with Crippen LogP contribution in [0.5, 0.6) is 0 Å². The van der Waals surface area contributed by atoms with Gasteiger partial charge in [-0.05, 0) is 31.7 Å². The quantitative estimate of drug-likeness (QED) is 0.504. The predicted octanol–water partition coefficient (Wildman–Crippen LogP) is 1.79. The normalized spacial score (nSPS) is 10.9. The number of nitrogens with zero attached hydrogens (tertiary/aromatic N) is 3. The number of non-ortho nitro benzene ring substituents is 1. The van der Waals surface area contributed by atoms with Crippen molar-refractivity contribution in [3.05, 3.63) is 38.8 Å². The van der Waals surface area contributed by atoms with Crippen molar-refractivity contribution in [2.75, 3.05) is 5.73 Å². The fourth-order valence-electron chi connectivity index (χ4n) is 1.66. The van der Waals surface area contributed by atoms with Gasteiger partial charge in [0.25, 0.3) is 5.69 Å². The first-order chi connectivity index (χ1) is 9.40. The molecule has 0 amide bonds. The maximum absolute atomic E-state index is 11.6. The molecule has 0 fully saturated rings. The van der Waals surface area contributed by atoms with Crippen molar-refractivity contribution in [2.24, 2.45) is 0 Å². The maximum Gasteiger partial charge on any atom is 0.344 e. The summed E-state index contributed by atoms with van der Waals surface area (Å²) in [5.74, 6) is 0. The molecule has 2 aromatic rings. The third-order valence-electron chi connectivity index (χ3n) is 2.59. The van der Waals surface area contributed by atoms with Crippen LogP contribution in [0.2, 0.25) is 0 Å². The summed E-state index contributed by atoms with van der Waals surface area (Å²) in [4.78, 5) is 22.4. The van der Waals surface area contributed by atoms with Crippen molar-refractivity contribution in [1.82, 2.24) is 14.8 Å². The van der Waals surface area contributed by atoms with Crippen LogP contribution in [0.4, 0.5) is 11.4 Å². The molecule has 0 bridgehead atoms. The standard InChI is InChI=1S/C11H13N5O3S/c1-6(2)15-10(17)13-14-11(15)20-9-4-3-7(16(18)19)5-8(9)12/h3-6H,12H2,1-2H3,(H,13,17). The number of aromatic nitrogens is 3. The highest BCUT2D eigenvalue weighted by Crippen LogP contribution is 2.33. The van der Waals surface area contributed by atoms with Gasteiger partial charge in [-0.25, -0.2) is 9.89 Å². The lowest BCUT2D eigenvalue weighted by Gasteiger charge is -2.09. The Bertz CT molecular complexity index is 706. The van der Waals surface area contributed by atoms with Crippen molar-refractivity contribution in [3.8, 4) is 0 Å². The molecule has 0 saturated carbocycles. The van der Waals surface area contributed by atoms with Gasteiger partial charge in [0.05, 0.1) is 10.6 Å². The van der Waals surface area contributed by atoms with Crippen LogP contribution in [0.15, 0.2) is 33.0 Å². The molecule has 1 aromatic heterocycles. The van der Waals surface area contributed by atoms with E-state index < -0.39 is 4.92 Å². The highest BCUT2D eigenvalue weighted by Gasteiger charge is 2.15. The van der Waals surface area contributed by atoms with Gasteiger partial charge in [-0.15, -0.1) is 5.10 Å². The Morgan fingerprint density at radius 3 is 2.75 bits per heavy atom. The number of hydrogen-bond acceptors (Lipinski definition) is 6. The van der Waals surface area contributed by atoms with Gasteiger partial charge in [-0.3, -0.25) is 14.7 Å². The summed E-state index contributed by atoms with van der Waals surface area (Å²) in [6.07, 6.45) is 0. The number of rotatable bonds is 4. The van der Waals surface area contributed by atoms with Crippen LogP contribution >= 0.6 is 11.8 Å². The number of nitrogens with one attached hydrogen (secondary N) is 1. The molecule has 0 aliphatic heterocycles. The van der Waals surface area contributed by atoms with Crippen molar-refractivity contribution in [3.63, 3.8) is 0 Å². The van der Waals surface area contributed by atoms with Crippen LogP contribution < -0.4 is 11.4 Å². The van der Waals surface area contributed by atoms with Crippen LogP contribution in [-0.4, -0.2) is 19.7 Å². The topological polar surface area (TPSA) is 120 Å². The first-order valence-corrected chi connectivity index (χ1v) is 6.60. The van der Waals surface area contributed by atoms with E-state index >= 15 is 0 Å². The van der Waals surface area contributed by atoms with Crippen LogP contribution in [0.3, 0.4) is 0 Å². The highest BCUT2D eigenvalue weighted by atomic mass is 32.2. The number of nitro groups is 1. The number of hydrogen-bond donors (Lipinski definition) is 2. The fraction of sp³-hybridized carbons (Fsp3) is 0.273. The zero-order valence-electron chi connectivity index (χ0n) is 10.9. The molecule has 0 saturated heterocycles. The van der Waals surface area contributed by atoms with E-state index in [0.717, 1.165) is 0 Å². The molecule has 1 heterocycles. The minimum absolute atomic E-state index is 0.0528. The summed E-state index contributed by atoms with van der Waals surface area (Å²) < 4.78 is 1.49. The van der Waals surface area contributed by atoms with Gasteiger partial charge in [-0.1, -0.05) is 0 Å². The average Bonchev–Trinajstić information content (AvgIpc) is 2.72. The molecule has 9 heteroatoms. The second kappa shape index (κ2) is 5.37. The minimum atomic E-state index is -0.511. The van der Waals surface area contributed by atoms with Gasteiger partial charge >= 0.3 is 5.69 Å². The second-order valence-electron chi connectivity index (χ2n) is 4.36. The zero-order valence-corrected chi connectivity index (χ0v) is 11.7. The smallest absolute Gasteiger partial charge is 0.344 e. The van der Waals surface area contributed by atoms with Crippen molar-refractivity contribution in [2.45, 2.75) is 29.9 Å². The predicted molar refractivity (Wildman–Crippen MR) is 74.9 cm³/mol. The lowest BCUT2D eigenvalue weighted by Crippen LogP contribution is -2.19. The summed E-state index contributed by atoms with van der Waals surface area (Å²) in [6.45, 7) is 3.72. The summed E-state index contributed by atoms with van der Waals surface area (Å²) in [5.41, 5.74) is 5.69. The van der Waals surface area contributed by atoms with E-state index in [0.29, 0.717) is 10.1 Å². The van der Waals surface area contributed by atoms with Crippen molar-refractivity contribution >= 4 is 23.1 Å². The molecular formula is C11H13N5O3S. The molecule has 2 rings (SSSR count). The highest BCUT2D eigenvalue weighted by molar-refractivity contribution is 7.99. The number of H-pyrrole nitrogens is 1.